The molecule has 2 aromatic carbocycles. The van der Waals surface area contributed by atoms with Crippen LogP contribution < -0.4 is 9.47 Å². The zero-order valence-electron chi connectivity index (χ0n) is 20.1. The number of benzene rings is 2. The molecule has 0 bridgehead atoms. The number of methoxy groups -OCH3 is 2. The van der Waals surface area contributed by atoms with E-state index in [1.807, 2.05) is 46.2 Å². The molecule has 4 heterocycles. The molecule has 0 N–H and O–H groups in total. The van der Waals surface area contributed by atoms with E-state index in [1.54, 1.807) is 14.2 Å². The van der Waals surface area contributed by atoms with Gasteiger partial charge in [0, 0.05) is 38.0 Å². The highest BCUT2D eigenvalue weighted by atomic mass is 16.7. The van der Waals surface area contributed by atoms with Crippen LogP contribution in [0.3, 0.4) is 0 Å². The summed E-state index contributed by atoms with van der Waals surface area (Å²) >= 11 is 0. The zero-order chi connectivity index (χ0) is 24.2. The van der Waals surface area contributed by atoms with Gasteiger partial charge in [0.1, 0.15) is 0 Å². The average Bonchev–Trinajstić information content (AvgIpc) is 3.35. The number of carbonyl (C=O) groups excluding carboxylic acids is 2. The van der Waals surface area contributed by atoms with E-state index in [-0.39, 0.29) is 11.8 Å². The largest absolute Gasteiger partial charge is 0.493 e. The highest BCUT2D eigenvalue weighted by Crippen LogP contribution is 2.49. The lowest BCUT2D eigenvalue weighted by Gasteiger charge is -2.47. The van der Waals surface area contributed by atoms with Crippen molar-refractivity contribution in [3.63, 3.8) is 0 Å². The van der Waals surface area contributed by atoms with E-state index < -0.39 is 17.7 Å². The van der Waals surface area contributed by atoms with E-state index in [0.717, 1.165) is 16.7 Å². The zero-order valence-corrected chi connectivity index (χ0v) is 20.1. The van der Waals surface area contributed by atoms with E-state index in [0.29, 0.717) is 69.2 Å². The smallest absolute Gasteiger partial charge is 0.254 e. The first kappa shape index (κ1) is 22.4. The van der Waals surface area contributed by atoms with E-state index >= 15 is 0 Å². The molecule has 4 aliphatic rings. The first-order chi connectivity index (χ1) is 17.0. The van der Waals surface area contributed by atoms with Crippen LogP contribution in [0.5, 0.6) is 11.5 Å². The van der Waals surface area contributed by atoms with Gasteiger partial charge in [0.15, 0.2) is 17.3 Å². The lowest BCUT2D eigenvalue weighted by atomic mass is 9.75. The second-order valence-corrected chi connectivity index (χ2v) is 9.60. The lowest BCUT2D eigenvalue weighted by molar-refractivity contribution is -0.188. The fraction of sp³-hybridized carbons (Fsp3) is 0.481. The van der Waals surface area contributed by atoms with Crippen LogP contribution in [-0.4, -0.2) is 74.5 Å². The summed E-state index contributed by atoms with van der Waals surface area (Å²) in [5.74, 6) is 0.213. The molecule has 2 atom stereocenters. The number of amides is 2. The molecule has 2 amide bonds. The maximum Gasteiger partial charge on any atom is 0.254 e. The fourth-order valence-electron chi connectivity index (χ4n) is 6.17. The summed E-state index contributed by atoms with van der Waals surface area (Å²) in [5, 5.41) is 0. The molecule has 0 aliphatic carbocycles. The van der Waals surface area contributed by atoms with E-state index in [4.69, 9.17) is 18.9 Å². The van der Waals surface area contributed by atoms with Crippen LogP contribution in [0.2, 0.25) is 0 Å². The van der Waals surface area contributed by atoms with Gasteiger partial charge in [-0.2, -0.15) is 0 Å². The number of fused-ring (bicyclic) bond motifs is 4. The Kier molecular flexibility index (Phi) is 5.45. The van der Waals surface area contributed by atoms with Crippen molar-refractivity contribution < 1.29 is 28.5 Å². The van der Waals surface area contributed by atoms with Crippen LogP contribution in [0, 0.1) is 0 Å². The summed E-state index contributed by atoms with van der Waals surface area (Å²) in [6, 6.07) is 11.1. The van der Waals surface area contributed by atoms with Crippen molar-refractivity contribution in [2.24, 2.45) is 0 Å². The Bertz CT molecular complexity index is 1160. The van der Waals surface area contributed by atoms with Crippen molar-refractivity contribution in [3.8, 4) is 11.5 Å². The number of nitrogens with zero attached hydrogens (tertiary/aromatic N) is 2. The summed E-state index contributed by atoms with van der Waals surface area (Å²) in [6.07, 6.45) is 2.01. The number of likely N-dealkylation sites (tertiary alicyclic amines) is 1. The minimum Gasteiger partial charge on any atom is -0.493 e. The molecule has 0 radical (unpaired) electrons. The quantitative estimate of drug-likeness (QED) is 0.675. The minimum atomic E-state index is -0.551. The number of hydrogen-bond donors (Lipinski definition) is 0. The van der Waals surface area contributed by atoms with Gasteiger partial charge in [0.05, 0.1) is 39.4 Å². The van der Waals surface area contributed by atoms with Gasteiger partial charge in [-0.05, 0) is 41.3 Å². The van der Waals surface area contributed by atoms with Gasteiger partial charge in [-0.3, -0.25) is 9.59 Å². The molecule has 8 heteroatoms. The van der Waals surface area contributed by atoms with Crippen molar-refractivity contribution in [1.82, 2.24) is 9.80 Å². The van der Waals surface area contributed by atoms with Gasteiger partial charge in [0.25, 0.3) is 5.91 Å². The summed E-state index contributed by atoms with van der Waals surface area (Å²) in [4.78, 5) is 31.6. The molecule has 2 saturated heterocycles. The van der Waals surface area contributed by atoms with Crippen molar-refractivity contribution >= 4 is 11.8 Å². The molecule has 2 aromatic rings. The molecule has 4 aliphatic heterocycles. The molecule has 2 unspecified atom stereocenters. The molecule has 1 spiro atoms. The summed E-state index contributed by atoms with van der Waals surface area (Å²) in [7, 11) is 3.22. The SMILES string of the molecule is COc1cc2c(cc1OC)C1C(C(=O)N3CCC4(CC3)OCCO4)c3ccccc3C(=O)N1CC2. The number of carbonyl (C=O) groups is 2. The Balaban J connectivity index is 1.42. The van der Waals surface area contributed by atoms with Gasteiger partial charge < -0.3 is 28.7 Å². The van der Waals surface area contributed by atoms with Crippen molar-refractivity contribution in [1.29, 1.82) is 0 Å². The summed E-state index contributed by atoms with van der Waals surface area (Å²) in [6.45, 7) is 2.89. The Morgan fingerprint density at radius 2 is 1.66 bits per heavy atom. The van der Waals surface area contributed by atoms with Crippen LogP contribution in [0.15, 0.2) is 36.4 Å². The number of hydrogen-bond acceptors (Lipinski definition) is 6. The van der Waals surface area contributed by atoms with E-state index in [1.165, 1.54) is 0 Å². The third-order valence-corrected chi connectivity index (χ3v) is 7.94. The third-order valence-electron chi connectivity index (χ3n) is 7.94. The van der Waals surface area contributed by atoms with Crippen molar-refractivity contribution in [3.05, 3.63) is 58.7 Å². The molecule has 2 fully saturated rings. The highest BCUT2D eigenvalue weighted by molar-refractivity contribution is 6.01. The molecule has 0 saturated carbocycles. The standard InChI is InChI=1S/C27H30N2O6/c1-32-21-15-17-7-10-29-24(20(17)16-22(21)33-2)23(18-5-3-4-6-19(18)25(29)30)26(31)28-11-8-27(9-12-28)34-13-14-35-27/h3-6,15-16,23-24H,7-14H2,1-2H3. The van der Waals surface area contributed by atoms with E-state index in [9.17, 15) is 9.59 Å². The first-order valence-corrected chi connectivity index (χ1v) is 12.3. The second-order valence-electron chi connectivity index (χ2n) is 9.60. The van der Waals surface area contributed by atoms with Gasteiger partial charge in [0.2, 0.25) is 5.91 Å². The van der Waals surface area contributed by atoms with E-state index in [2.05, 4.69) is 0 Å². The Labute approximate surface area is 204 Å². The Hall–Kier alpha value is -3.10. The number of piperidine rings is 1. The van der Waals surface area contributed by atoms with Crippen LogP contribution in [0.1, 0.15) is 51.8 Å². The van der Waals surface area contributed by atoms with Crippen LogP contribution in [-0.2, 0) is 20.7 Å². The maximum atomic E-state index is 14.2. The van der Waals surface area contributed by atoms with Crippen LogP contribution in [0.25, 0.3) is 0 Å². The van der Waals surface area contributed by atoms with Gasteiger partial charge in [-0.25, -0.2) is 0 Å². The predicted molar refractivity (Wildman–Crippen MR) is 127 cm³/mol. The molecule has 0 aromatic heterocycles. The third kappa shape index (κ3) is 3.50. The summed E-state index contributed by atoms with van der Waals surface area (Å²) in [5.41, 5.74) is 3.44. The summed E-state index contributed by atoms with van der Waals surface area (Å²) < 4.78 is 22.9. The Morgan fingerprint density at radius 1 is 0.971 bits per heavy atom. The maximum absolute atomic E-state index is 14.2. The second kappa shape index (κ2) is 8.53. The van der Waals surface area contributed by atoms with Crippen LogP contribution in [0.4, 0.5) is 0 Å². The fourth-order valence-corrected chi connectivity index (χ4v) is 6.17. The molecular weight excluding hydrogens is 448 g/mol. The molecule has 35 heavy (non-hydrogen) atoms. The van der Waals surface area contributed by atoms with Gasteiger partial charge in [-0.1, -0.05) is 18.2 Å². The molecule has 8 nitrogen and oxygen atoms in total. The lowest BCUT2D eigenvalue weighted by Crippen LogP contribution is -2.53. The van der Waals surface area contributed by atoms with Gasteiger partial charge >= 0.3 is 0 Å². The van der Waals surface area contributed by atoms with Crippen molar-refractivity contribution in [2.45, 2.75) is 37.0 Å². The number of rotatable bonds is 3. The molecule has 184 valence electrons. The first-order valence-electron chi connectivity index (χ1n) is 12.3. The highest BCUT2D eigenvalue weighted by Gasteiger charge is 2.49. The topological polar surface area (TPSA) is 77.5 Å². The van der Waals surface area contributed by atoms with Gasteiger partial charge in [-0.15, -0.1) is 0 Å². The number of ether oxygens (including phenoxy) is 4. The average molecular weight is 479 g/mol. The Morgan fingerprint density at radius 3 is 2.37 bits per heavy atom. The monoisotopic (exact) mass is 478 g/mol. The van der Waals surface area contributed by atoms with Crippen molar-refractivity contribution in [2.75, 3.05) is 47.1 Å². The van der Waals surface area contributed by atoms with Crippen LogP contribution >= 0.6 is 0 Å². The minimum absolute atomic E-state index is 0.0274. The normalized spacial score (nSPS) is 24.6. The molecular formula is C27H30N2O6. The molecule has 6 rings (SSSR count). The predicted octanol–water partition coefficient (Wildman–Crippen LogP) is 2.91.